The molecule has 1 heterocycles. The highest BCUT2D eigenvalue weighted by molar-refractivity contribution is 14.1. The number of nitrogens with two attached hydrogens (primary N) is 1. The summed E-state index contributed by atoms with van der Waals surface area (Å²) in [6.07, 6.45) is 1.75. The fourth-order valence-corrected chi connectivity index (χ4v) is 2.43. The van der Waals surface area contributed by atoms with Gasteiger partial charge in [-0.3, -0.25) is 0 Å². The van der Waals surface area contributed by atoms with E-state index >= 15 is 0 Å². The molecule has 1 unspecified atom stereocenters. The van der Waals surface area contributed by atoms with E-state index in [0.717, 1.165) is 22.0 Å². The van der Waals surface area contributed by atoms with Crippen molar-refractivity contribution < 1.29 is 9.26 Å². The zero-order valence-electron chi connectivity index (χ0n) is 11.6. The van der Waals surface area contributed by atoms with Gasteiger partial charge in [-0.05, 0) is 54.1 Å². The van der Waals surface area contributed by atoms with Gasteiger partial charge in [0.15, 0.2) is 0 Å². The predicted molar refractivity (Wildman–Crippen MR) is 86.1 cm³/mol. The Bertz CT molecular complexity index is 565. The second-order valence-electron chi connectivity index (χ2n) is 4.42. The normalized spacial score (nSPS) is 12.6. The van der Waals surface area contributed by atoms with Crippen LogP contribution in [0.1, 0.15) is 38.6 Å². The van der Waals surface area contributed by atoms with Gasteiger partial charge in [0.05, 0.1) is 5.56 Å². The van der Waals surface area contributed by atoms with E-state index in [1.54, 1.807) is 0 Å². The Hall–Kier alpha value is -1.15. The lowest BCUT2D eigenvalue weighted by Gasteiger charge is -2.11. The molecule has 1 aromatic heterocycles. The van der Waals surface area contributed by atoms with Gasteiger partial charge < -0.3 is 15.0 Å². The average molecular weight is 387 g/mol. The third kappa shape index (κ3) is 3.49. The van der Waals surface area contributed by atoms with Gasteiger partial charge in [0.25, 0.3) is 5.89 Å². The first kappa shape index (κ1) is 15.2. The van der Waals surface area contributed by atoms with Gasteiger partial charge in [-0.1, -0.05) is 18.5 Å². The Morgan fingerprint density at radius 1 is 1.40 bits per heavy atom. The zero-order chi connectivity index (χ0) is 14.5. The lowest BCUT2D eigenvalue weighted by Crippen LogP contribution is -2.06. The van der Waals surface area contributed by atoms with Gasteiger partial charge in [-0.2, -0.15) is 4.98 Å². The molecule has 108 valence electrons. The summed E-state index contributed by atoms with van der Waals surface area (Å²) in [4.78, 5) is 4.43. The van der Waals surface area contributed by atoms with Crippen molar-refractivity contribution in [3.8, 4) is 11.5 Å². The molecule has 0 amide bonds. The van der Waals surface area contributed by atoms with Crippen LogP contribution in [-0.2, 0) is 4.74 Å². The third-order valence-corrected chi connectivity index (χ3v) is 3.57. The van der Waals surface area contributed by atoms with E-state index in [0.29, 0.717) is 24.0 Å². The number of benzene rings is 1. The molecule has 0 aliphatic heterocycles. The first-order chi connectivity index (χ1) is 9.65. The Balaban J connectivity index is 2.29. The summed E-state index contributed by atoms with van der Waals surface area (Å²) >= 11 is 2.23. The summed E-state index contributed by atoms with van der Waals surface area (Å²) in [5.74, 6) is 1.03. The van der Waals surface area contributed by atoms with Crippen LogP contribution in [0.25, 0.3) is 11.5 Å². The highest BCUT2D eigenvalue weighted by Crippen LogP contribution is 2.28. The first-order valence-electron chi connectivity index (χ1n) is 6.66. The fraction of sp³-hybridized carbons (Fsp3) is 0.429. The molecule has 2 aromatic rings. The van der Waals surface area contributed by atoms with Crippen LogP contribution in [0.5, 0.6) is 0 Å². The highest BCUT2D eigenvalue weighted by Gasteiger charge is 2.19. The molecular weight excluding hydrogens is 369 g/mol. The summed E-state index contributed by atoms with van der Waals surface area (Å²) in [5.41, 5.74) is 7.36. The van der Waals surface area contributed by atoms with Gasteiger partial charge in [-0.15, -0.1) is 0 Å². The minimum absolute atomic E-state index is 0.119. The van der Waals surface area contributed by atoms with Gasteiger partial charge in [-0.25, -0.2) is 0 Å². The fourth-order valence-electron chi connectivity index (χ4n) is 1.94. The van der Waals surface area contributed by atoms with E-state index in [1.807, 2.05) is 25.1 Å². The topological polar surface area (TPSA) is 74.2 Å². The maximum atomic E-state index is 5.96. The highest BCUT2D eigenvalue weighted by atomic mass is 127. The number of aromatic nitrogens is 2. The number of nitrogens with zero attached hydrogens (tertiary/aromatic N) is 2. The van der Waals surface area contributed by atoms with Gasteiger partial charge >= 0.3 is 0 Å². The van der Waals surface area contributed by atoms with Gasteiger partial charge in [0, 0.05) is 15.9 Å². The van der Waals surface area contributed by atoms with Crippen molar-refractivity contribution in [1.82, 2.24) is 10.1 Å². The molecule has 5 nitrogen and oxygen atoms in total. The average Bonchev–Trinajstić information content (AvgIpc) is 2.91. The van der Waals surface area contributed by atoms with E-state index in [4.69, 9.17) is 15.0 Å². The molecule has 2 N–H and O–H groups in total. The molecule has 20 heavy (non-hydrogen) atoms. The van der Waals surface area contributed by atoms with Crippen LogP contribution >= 0.6 is 22.6 Å². The number of hydrogen-bond acceptors (Lipinski definition) is 5. The van der Waals surface area contributed by atoms with E-state index in [9.17, 15) is 0 Å². The predicted octanol–water partition coefficient (Wildman–Crippen LogP) is 3.80. The van der Waals surface area contributed by atoms with E-state index in [1.165, 1.54) is 0 Å². The maximum absolute atomic E-state index is 5.96. The molecule has 0 saturated heterocycles. The molecule has 6 heteroatoms. The maximum Gasteiger partial charge on any atom is 0.260 e. The second-order valence-corrected chi connectivity index (χ2v) is 5.67. The molecule has 0 bridgehead atoms. The van der Waals surface area contributed by atoms with Gasteiger partial charge in [0.2, 0.25) is 5.82 Å². The second kappa shape index (κ2) is 7.03. The van der Waals surface area contributed by atoms with Crippen LogP contribution in [0.3, 0.4) is 0 Å². The Morgan fingerprint density at radius 3 is 2.90 bits per heavy atom. The van der Waals surface area contributed by atoms with Crippen LogP contribution < -0.4 is 5.73 Å². The Labute approximate surface area is 132 Å². The summed E-state index contributed by atoms with van der Waals surface area (Å²) in [5, 5.41) is 4.03. The molecule has 2 rings (SSSR count). The lowest BCUT2D eigenvalue weighted by atomic mass is 10.2. The Kier molecular flexibility index (Phi) is 5.36. The van der Waals surface area contributed by atoms with Crippen LogP contribution in [0.2, 0.25) is 0 Å². The van der Waals surface area contributed by atoms with Crippen molar-refractivity contribution in [2.45, 2.75) is 32.8 Å². The number of nitrogen functional groups attached to an aromatic ring is 1. The van der Waals surface area contributed by atoms with Crippen LogP contribution in [0.15, 0.2) is 22.7 Å². The van der Waals surface area contributed by atoms with Crippen molar-refractivity contribution in [2.75, 3.05) is 12.3 Å². The van der Waals surface area contributed by atoms with Crippen molar-refractivity contribution in [2.24, 2.45) is 0 Å². The van der Waals surface area contributed by atoms with Crippen LogP contribution in [0, 0.1) is 3.57 Å². The molecule has 0 saturated carbocycles. The molecule has 0 radical (unpaired) electrons. The lowest BCUT2D eigenvalue weighted by molar-refractivity contribution is 0.0478. The summed E-state index contributed by atoms with van der Waals surface area (Å²) in [6.45, 7) is 4.69. The van der Waals surface area contributed by atoms with E-state index in [2.05, 4.69) is 39.7 Å². The van der Waals surface area contributed by atoms with E-state index in [-0.39, 0.29) is 6.10 Å². The number of rotatable bonds is 6. The standard InChI is InChI=1S/C14H18IN3O2/c1-3-5-12(19-4-2)13-17-14(20-18-13)10-8-9(15)6-7-11(10)16/h6-8,12H,3-5,16H2,1-2H3. The molecule has 1 aromatic carbocycles. The third-order valence-electron chi connectivity index (χ3n) is 2.89. The Morgan fingerprint density at radius 2 is 2.20 bits per heavy atom. The van der Waals surface area contributed by atoms with Gasteiger partial charge in [0.1, 0.15) is 6.10 Å². The smallest absolute Gasteiger partial charge is 0.260 e. The summed E-state index contributed by atoms with van der Waals surface area (Å²) in [6, 6.07) is 5.71. The molecular formula is C14H18IN3O2. The quantitative estimate of drug-likeness (QED) is 0.603. The molecule has 0 aliphatic carbocycles. The number of ether oxygens (including phenoxy) is 1. The largest absolute Gasteiger partial charge is 0.398 e. The molecule has 0 spiro atoms. The molecule has 0 aliphatic rings. The summed E-state index contributed by atoms with van der Waals surface area (Å²) in [7, 11) is 0. The number of anilines is 1. The number of halogens is 1. The monoisotopic (exact) mass is 387 g/mol. The summed E-state index contributed by atoms with van der Waals surface area (Å²) < 4.78 is 12.1. The zero-order valence-corrected chi connectivity index (χ0v) is 13.8. The minimum atomic E-state index is -0.119. The molecule has 0 fully saturated rings. The van der Waals surface area contributed by atoms with E-state index < -0.39 is 0 Å². The van der Waals surface area contributed by atoms with Crippen molar-refractivity contribution in [1.29, 1.82) is 0 Å². The van der Waals surface area contributed by atoms with Crippen LogP contribution in [0.4, 0.5) is 5.69 Å². The number of hydrogen-bond donors (Lipinski definition) is 1. The van der Waals surface area contributed by atoms with Crippen molar-refractivity contribution in [3.63, 3.8) is 0 Å². The van der Waals surface area contributed by atoms with Crippen molar-refractivity contribution >= 4 is 28.3 Å². The first-order valence-corrected chi connectivity index (χ1v) is 7.74. The van der Waals surface area contributed by atoms with Crippen molar-refractivity contribution in [3.05, 3.63) is 27.6 Å². The molecule has 1 atom stereocenters. The SMILES string of the molecule is CCCC(OCC)c1noc(-c2cc(I)ccc2N)n1. The minimum Gasteiger partial charge on any atom is -0.398 e. The van der Waals surface area contributed by atoms with Crippen LogP contribution in [-0.4, -0.2) is 16.7 Å².